The zero-order chi connectivity index (χ0) is 14.3. The van der Waals surface area contributed by atoms with Crippen LogP contribution in [0.2, 0.25) is 0 Å². The van der Waals surface area contributed by atoms with E-state index in [1.807, 2.05) is 0 Å². The van der Waals surface area contributed by atoms with Gasteiger partial charge in [0.25, 0.3) is 0 Å². The summed E-state index contributed by atoms with van der Waals surface area (Å²) in [5.74, 6) is -0.0249. The van der Waals surface area contributed by atoms with Gasteiger partial charge in [-0.2, -0.15) is 0 Å². The van der Waals surface area contributed by atoms with Gasteiger partial charge in [-0.1, -0.05) is 6.92 Å². The predicted molar refractivity (Wildman–Crippen MR) is 73.7 cm³/mol. The van der Waals surface area contributed by atoms with E-state index in [0.717, 1.165) is 12.8 Å². The van der Waals surface area contributed by atoms with Crippen LogP contribution in [0.25, 0.3) is 0 Å². The van der Waals surface area contributed by atoms with Gasteiger partial charge in [-0.05, 0) is 37.4 Å². The molecule has 0 heterocycles. The van der Waals surface area contributed by atoms with Crippen molar-refractivity contribution in [1.82, 2.24) is 0 Å². The summed E-state index contributed by atoms with van der Waals surface area (Å²) in [4.78, 5) is 11.7. The zero-order valence-electron chi connectivity index (χ0n) is 11.4. The Morgan fingerprint density at radius 2 is 2.21 bits per heavy atom. The molecule has 0 fully saturated rings. The molecular weight excluding hydrogens is 247 g/mol. The number of halogens is 1. The molecule has 1 unspecified atom stereocenters. The summed E-state index contributed by atoms with van der Waals surface area (Å²) < 4.78 is 18.2. The van der Waals surface area contributed by atoms with Gasteiger partial charge in [0.15, 0.2) is 11.6 Å². The molecule has 0 radical (unpaired) electrons. The first-order valence-corrected chi connectivity index (χ1v) is 6.40. The van der Waals surface area contributed by atoms with Gasteiger partial charge >= 0.3 is 0 Å². The van der Waals surface area contributed by atoms with Crippen molar-refractivity contribution in [3.63, 3.8) is 0 Å². The highest BCUT2D eigenvalue weighted by Crippen LogP contribution is 2.21. The third-order valence-electron chi connectivity index (χ3n) is 2.96. The Balaban J connectivity index is 2.46. The second-order valence-corrected chi connectivity index (χ2v) is 4.62. The Morgan fingerprint density at radius 3 is 2.79 bits per heavy atom. The topological polar surface area (TPSA) is 64.3 Å². The molecule has 4 nitrogen and oxygen atoms in total. The van der Waals surface area contributed by atoms with Crippen LogP contribution in [0.3, 0.4) is 0 Å². The van der Waals surface area contributed by atoms with Crippen molar-refractivity contribution in [1.29, 1.82) is 0 Å². The third-order valence-corrected chi connectivity index (χ3v) is 2.96. The minimum atomic E-state index is -0.489. The SMILES string of the molecule is COc1ccc(NC(=O)CCC(C)CCN)cc1F. The van der Waals surface area contributed by atoms with E-state index in [2.05, 4.69) is 12.2 Å². The molecule has 19 heavy (non-hydrogen) atoms. The second-order valence-electron chi connectivity index (χ2n) is 4.62. The lowest BCUT2D eigenvalue weighted by Crippen LogP contribution is -2.14. The number of carbonyl (C=O) groups excluding carboxylic acids is 1. The lowest BCUT2D eigenvalue weighted by molar-refractivity contribution is -0.116. The molecule has 0 aliphatic carbocycles. The first-order valence-electron chi connectivity index (χ1n) is 6.40. The Kier molecular flexibility index (Phi) is 6.29. The number of methoxy groups -OCH3 is 1. The predicted octanol–water partition coefficient (Wildman–Crippen LogP) is 2.54. The van der Waals surface area contributed by atoms with Crippen LogP contribution in [0.4, 0.5) is 10.1 Å². The molecule has 1 aromatic rings. The number of carbonyl (C=O) groups is 1. The fourth-order valence-electron chi connectivity index (χ4n) is 1.77. The van der Waals surface area contributed by atoms with E-state index in [9.17, 15) is 9.18 Å². The van der Waals surface area contributed by atoms with Crippen LogP contribution < -0.4 is 15.8 Å². The van der Waals surface area contributed by atoms with Crippen molar-refractivity contribution in [3.05, 3.63) is 24.0 Å². The maximum absolute atomic E-state index is 13.4. The van der Waals surface area contributed by atoms with Gasteiger partial charge in [0, 0.05) is 18.2 Å². The number of amides is 1. The molecule has 0 bridgehead atoms. The Morgan fingerprint density at radius 1 is 1.47 bits per heavy atom. The number of anilines is 1. The van der Waals surface area contributed by atoms with Gasteiger partial charge < -0.3 is 15.8 Å². The second kappa shape index (κ2) is 7.74. The van der Waals surface area contributed by atoms with Crippen molar-refractivity contribution in [2.75, 3.05) is 19.0 Å². The van der Waals surface area contributed by atoms with Crippen molar-refractivity contribution in [3.8, 4) is 5.75 Å². The molecule has 0 aliphatic heterocycles. The largest absolute Gasteiger partial charge is 0.494 e. The number of nitrogens with two attached hydrogens (primary N) is 1. The molecule has 1 rings (SSSR count). The molecule has 106 valence electrons. The number of rotatable bonds is 7. The quantitative estimate of drug-likeness (QED) is 0.798. The summed E-state index contributed by atoms with van der Waals surface area (Å²) in [5.41, 5.74) is 5.89. The van der Waals surface area contributed by atoms with Crippen molar-refractivity contribution in [2.45, 2.75) is 26.2 Å². The highest BCUT2D eigenvalue weighted by Gasteiger charge is 2.08. The minimum Gasteiger partial charge on any atom is -0.494 e. The van der Waals surface area contributed by atoms with Crippen LogP contribution >= 0.6 is 0 Å². The zero-order valence-corrected chi connectivity index (χ0v) is 11.4. The average molecular weight is 268 g/mol. The summed E-state index contributed by atoms with van der Waals surface area (Å²) in [5, 5.41) is 2.67. The molecule has 0 spiro atoms. The van der Waals surface area contributed by atoms with Crippen LogP contribution in [0.1, 0.15) is 26.2 Å². The van der Waals surface area contributed by atoms with E-state index in [1.165, 1.54) is 19.2 Å². The van der Waals surface area contributed by atoms with E-state index in [4.69, 9.17) is 10.5 Å². The van der Waals surface area contributed by atoms with Crippen molar-refractivity contribution >= 4 is 11.6 Å². The summed E-state index contributed by atoms with van der Waals surface area (Å²) in [6, 6.07) is 4.35. The van der Waals surface area contributed by atoms with Crippen LogP contribution in [0.5, 0.6) is 5.75 Å². The molecular formula is C14H21FN2O2. The van der Waals surface area contributed by atoms with Gasteiger partial charge in [0.2, 0.25) is 5.91 Å². The summed E-state index contributed by atoms with van der Waals surface area (Å²) in [6.07, 6.45) is 2.10. The summed E-state index contributed by atoms with van der Waals surface area (Å²) in [7, 11) is 1.40. The van der Waals surface area contributed by atoms with Gasteiger partial charge in [-0.3, -0.25) is 4.79 Å². The normalized spacial score (nSPS) is 12.0. The molecule has 0 aromatic heterocycles. The monoisotopic (exact) mass is 268 g/mol. The van der Waals surface area contributed by atoms with E-state index >= 15 is 0 Å². The lowest BCUT2D eigenvalue weighted by Gasteiger charge is -2.10. The van der Waals surface area contributed by atoms with E-state index in [-0.39, 0.29) is 11.7 Å². The Hall–Kier alpha value is -1.62. The van der Waals surface area contributed by atoms with E-state index in [0.29, 0.717) is 24.6 Å². The number of ether oxygens (including phenoxy) is 1. The first-order chi connectivity index (χ1) is 9.06. The fraction of sp³-hybridized carbons (Fsp3) is 0.500. The Bertz CT molecular complexity index is 424. The summed E-state index contributed by atoms with van der Waals surface area (Å²) >= 11 is 0. The molecule has 0 aliphatic rings. The minimum absolute atomic E-state index is 0.117. The molecule has 0 saturated heterocycles. The fourth-order valence-corrected chi connectivity index (χ4v) is 1.77. The highest BCUT2D eigenvalue weighted by atomic mass is 19.1. The van der Waals surface area contributed by atoms with Crippen molar-refractivity contribution < 1.29 is 13.9 Å². The number of benzene rings is 1. The molecule has 1 atom stereocenters. The average Bonchev–Trinajstić information content (AvgIpc) is 2.37. The molecule has 1 amide bonds. The lowest BCUT2D eigenvalue weighted by atomic mass is 10.0. The summed E-state index contributed by atoms with van der Waals surface area (Å²) in [6.45, 7) is 2.69. The number of hydrogen-bond acceptors (Lipinski definition) is 3. The maximum atomic E-state index is 13.4. The third kappa shape index (κ3) is 5.26. The van der Waals surface area contributed by atoms with Gasteiger partial charge in [0.1, 0.15) is 0 Å². The highest BCUT2D eigenvalue weighted by molar-refractivity contribution is 5.90. The van der Waals surface area contributed by atoms with Crippen LogP contribution in [0, 0.1) is 11.7 Å². The van der Waals surface area contributed by atoms with Crippen LogP contribution in [-0.4, -0.2) is 19.6 Å². The number of nitrogens with one attached hydrogen (secondary N) is 1. The van der Waals surface area contributed by atoms with Crippen LogP contribution in [0.15, 0.2) is 18.2 Å². The van der Waals surface area contributed by atoms with E-state index in [1.54, 1.807) is 6.07 Å². The maximum Gasteiger partial charge on any atom is 0.224 e. The van der Waals surface area contributed by atoms with Gasteiger partial charge in [-0.15, -0.1) is 0 Å². The van der Waals surface area contributed by atoms with Gasteiger partial charge in [0.05, 0.1) is 7.11 Å². The number of hydrogen-bond donors (Lipinski definition) is 2. The van der Waals surface area contributed by atoms with Crippen LogP contribution in [-0.2, 0) is 4.79 Å². The smallest absolute Gasteiger partial charge is 0.224 e. The van der Waals surface area contributed by atoms with E-state index < -0.39 is 5.82 Å². The van der Waals surface area contributed by atoms with Crippen molar-refractivity contribution in [2.24, 2.45) is 11.7 Å². The molecule has 1 aromatic carbocycles. The Labute approximate surface area is 113 Å². The standard InChI is InChI=1S/C14H21FN2O2/c1-10(7-8-16)3-6-14(18)17-11-4-5-13(19-2)12(15)9-11/h4-5,9-10H,3,6-8,16H2,1-2H3,(H,17,18). The molecule has 0 saturated carbocycles. The van der Waals surface area contributed by atoms with Gasteiger partial charge in [-0.25, -0.2) is 4.39 Å². The first kappa shape index (κ1) is 15.4. The molecule has 3 N–H and O–H groups in total. The molecule has 5 heteroatoms.